The summed E-state index contributed by atoms with van der Waals surface area (Å²) in [7, 11) is -1.51. The van der Waals surface area contributed by atoms with Gasteiger partial charge in [0.2, 0.25) is 0 Å². The van der Waals surface area contributed by atoms with Gasteiger partial charge in [0.15, 0.2) is 8.32 Å². The maximum Gasteiger partial charge on any atom is 0.192 e. The van der Waals surface area contributed by atoms with Crippen LogP contribution in [0.3, 0.4) is 0 Å². The first-order valence-electron chi connectivity index (χ1n) is 9.47. The molecule has 2 rings (SSSR count). The van der Waals surface area contributed by atoms with Crippen LogP contribution in [0, 0.1) is 5.92 Å². The highest BCUT2D eigenvalue weighted by molar-refractivity contribution is 6.73. The van der Waals surface area contributed by atoms with Crippen LogP contribution in [0.2, 0.25) is 18.1 Å². The highest BCUT2D eigenvalue weighted by Crippen LogP contribution is 2.37. The Morgan fingerprint density at radius 3 is 2.22 bits per heavy atom. The summed E-state index contributed by atoms with van der Waals surface area (Å²) in [4.78, 5) is 0. The maximum absolute atomic E-state index is 6.86. The Balaban J connectivity index is 2.16. The minimum atomic E-state index is -1.51. The van der Waals surface area contributed by atoms with Gasteiger partial charge < -0.3 is 4.43 Å². The molecule has 0 saturated heterocycles. The van der Waals surface area contributed by atoms with Crippen LogP contribution in [0.4, 0.5) is 0 Å². The second-order valence-corrected chi connectivity index (χ2v) is 12.0. The van der Waals surface area contributed by atoms with Crippen LogP contribution >= 0.6 is 0 Å². The summed E-state index contributed by atoms with van der Waals surface area (Å²) in [5.41, 5.74) is 4.52. The molecule has 128 valence electrons. The molecule has 1 aromatic carbocycles. The quantitative estimate of drug-likeness (QED) is 0.529. The standard InChI is InChI=1S/C21H34OSi/c1-6-23(7-2,8-3)22-21-15-14-20(17(4)16-18(21)5)19-12-10-9-11-13-19/h9-13,18,21H,6-8,14-16H2,1-5H3/t18-,21+/m1/s1. The van der Waals surface area contributed by atoms with Crippen molar-refractivity contribution < 1.29 is 4.43 Å². The average molecular weight is 331 g/mol. The van der Waals surface area contributed by atoms with Gasteiger partial charge in [-0.1, -0.05) is 63.6 Å². The van der Waals surface area contributed by atoms with E-state index in [0.29, 0.717) is 12.0 Å². The summed E-state index contributed by atoms with van der Waals surface area (Å²) in [6, 6.07) is 14.7. The minimum Gasteiger partial charge on any atom is -0.414 e. The molecule has 1 nitrogen and oxygen atoms in total. The molecule has 0 aromatic heterocycles. The van der Waals surface area contributed by atoms with Gasteiger partial charge >= 0.3 is 0 Å². The Labute approximate surface area is 144 Å². The topological polar surface area (TPSA) is 9.23 Å². The van der Waals surface area contributed by atoms with Crippen LogP contribution in [-0.4, -0.2) is 14.4 Å². The monoisotopic (exact) mass is 330 g/mol. The lowest BCUT2D eigenvalue weighted by Crippen LogP contribution is -2.41. The highest BCUT2D eigenvalue weighted by atomic mass is 28.4. The van der Waals surface area contributed by atoms with E-state index in [-0.39, 0.29) is 0 Å². The zero-order chi connectivity index (χ0) is 16.9. The van der Waals surface area contributed by atoms with Gasteiger partial charge in [0, 0.05) is 6.10 Å². The Morgan fingerprint density at radius 1 is 1.04 bits per heavy atom. The smallest absolute Gasteiger partial charge is 0.192 e. The second-order valence-electron chi connectivity index (χ2n) is 7.24. The molecule has 0 bridgehead atoms. The molecule has 2 atom stereocenters. The Hall–Kier alpha value is -0.863. The van der Waals surface area contributed by atoms with Crippen molar-refractivity contribution in [3.63, 3.8) is 0 Å². The normalized spacial score (nSPS) is 23.0. The molecule has 0 radical (unpaired) electrons. The van der Waals surface area contributed by atoms with Crippen LogP contribution in [0.5, 0.6) is 0 Å². The molecule has 0 saturated carbocycles. The van der Waals surface area contributed by atoms with E-state index in [0.717, 1.165) is 6.42 Å². The first kappa shape index (κ1) is 18.5. The molecule has 1 aliphatic rings. The van der Waals surface area contributed by atoms with Crippen LogP contribution < -0.4 is 0 Å². The van der Waals surface area contributed by atoms with Crippen LogP contribution in [0.1, 0.15) is 59.4 Å². The third-order valence-corrected chi connectivity index (χ3v) is 10.6. The first-order chi connectivity index (χ1) is 11.0. The van der Waals surface area contributed by atoms with Gasteiger partial charge in [-0.25, -0.2) is 0 Å². The number of hydrogen-bond acceptors (Lipinski definition) is 1. The van der Waals surface area contributed by atoms with Gasteiger partial charge in [0.1, 0.15) is 0 Å². The highest BCUT2D eigenvalue weighted by Gasteiger charge is 2.34. The molecule has 0 aliphatic heterocycles. The fraction of sp³-hybridized carbons (Fsp3) is 0.619. The van der Waals surface area contributed by atoms with Crippen molar-refractivity contribution in [3.05, 3.63) is 41.5 Å². The third kappa shape index (κ3) is 4.36. The fourth-order valence-corrected chi connectivity index (χ4v) is 7.04. The average Bonchev–Trinajstić information content (AvgIpc) is 2.72. The molecule has 0 N–H and O–H groups in total. The Bertz CT molecular complexity index is 508. The third-order valence-electron chi connectivity index (χ3n) is 5.91. The predicted octanol–water partition coefficient (Wildman–Crippen LogP) is 6.67. The van der Waals surface area contributed by atoms with E-state index in [1.165, 1.54) is 36.5 Å². The van der Waals surface area contributed by atoms with Gasteiger partial charge in [0.05, 0.1) is 0 Å². The molecular weight excluding hydrogens is 296 g/mol. The van der Waals surface area contributed by atoms with Crippen LogP contribution in [0.15, 0.2) is 35.9 Å². The summed E-state index contributed by atoms with van der Waals surface area (Å²) in [5.74, 6) is 0.632. The summed E-state index contributed by atoms with van der Waals surface area (Å²) in [6.07, 6.45) is 3.96. The van der Waals surface area contributed by atoms with E-state index in [2.05, 4.69) is 65.0 Å². The SMILES string of the molecule is CC[Si](CC)(CC)O[C@H]1CCC(c2ccccc2)=C(C)C[C@H]1C. The van der Waals surface area contributed by atoms with Gasteiger partial charge in [-0.05, 0) is 61.4 Å². The number of benzene rings is 1. The van der Waals surface area contributed by atoms with E-state index >= 15 is 0 Å². The molecule has 2 heteroatoms. The molecule has 1 aromatic rings. The maximum atomic E-state index is 6.86. The van der Waals surface area contributed by atoms with Gasteiger partial charge in [-0.15, -0.1) is 0 Å². The summed E-state index contributed by atoms with van der Waals surface area (Å²) in [6.45, 7) is 11.7. The molecule has 0 spiro atoms. The summed E-state index contributed by atoms with van der Waals surface area (Å²) < 4.78 is 6.86. The molecule has 23 heavy (non-hydrogen) atoms. The van der Waals surface area contributed by atoms with Crippen molar-refractivity contribution in [1.29, 1.82) is 0 Å². The lowest BCUT2D eigenvalue weighted by Gasteiger charge is -2.35. The van der Waals surface area contributed by atoms with Gasteiger partial charge in [0.25, 0.3) is 0 Å². The number of allylic oxidation sites excluding steroid dienone is 2. The number of rotatable bonds is 6. The predicted molar refractivity (Wildman–Crippen MR) is 104 cm³/mol. The zero-order valence-corrected chi connectivity index (χ0v) is 16.7. The minimum absolute atomic E-state index is 0.442. The zero-order valence-electron chi connectivity index (χ0n) is 15.7. The molecule has 0 unspecified atom stereocenters. The molecule has 0 fully saturated rings. The van der Waals surface area contributed by atoms with Crippen molar-refractivity contribution >= 4 is 13.9 Å². The van der Waals surface area contributed by atoms with Gasteiger partial charge in [-0.2, -0.15) is 0 Å². The van der Waals surface area contributed by atoms with E-state index in [4.69, 9.17) is 4.43 Å². The van der Waals surface area contributed by atoms with E-state index in [1.807, 2.05) is 0 Å². The molecule has 0 amide bonds. The molecular formula is C21H34OSi. The van der Waals surface area contributed by atoms with E-state index < -0.39 is 8.32 Å². The first-order valence-corrected chi connectivity index (χ1v) is 12.0. The fourth-order valence-electron chi connectivity index (χ4n) is 4.05. The molecule has 0 heterocycles. The Kier molecular flexibility index (Phi) is 6.67. The lowest BCUT2D eigenvalue weighted by atomic mass is 9.95. The van der Waals surface area contributed by atoms with Gasteiger partial charge in [-0.3, -0.25) is 0 Å². The van der Waals surface area contributed by atoms with E-state index in [9.17, 15) is 0 Å². The number of hydrogen-bond donors (Lipinski definition) is 0. The van der Waals surface area contributed by atoms with E-state index in [1.54, 1.807) is 11.1 Å². The summed E-state index contributed by atoms with van der Waals surface area (Å²) >= 11 is 0. The van der Waals surface area contributed by atoms with Crippen molar-refractivity contribution in [3.8, 4) is 0 Å². The summed E-state index contributed by atoms with van der Waals surface area (Å²) in [5, 5.41) is 0. The second kappa shape index (κ2) is 8.30. The van der Waals surface area contributed by atoms with Crippen molar-refractivity contribution in [2.75, 3.05) is 0 Å². The largest absolute Gasteiger partial charge is 0.414 e. The van der Waals surface area contributed by atoms with Crippen LogP contribution in [-0.2, 0) is 4.43 Å². The molecule has 1 aliphatic carbocycles. The van der Waals surface area contributed by atoms with Crippen molar-refractivity contribution in [2.24, 2.45) is 5.92 Å². The van der Waals surface area contributed by atoms with Crippen LogP contribution in [0.25, 0.3) is 5.57 Å². The van der Waals surface area contributed by atoms with Crippen molar-refractivity contribution in [1.82, 2.24) is 0 Å². The Morgan fingerprint density at radius 2 is 1.65 bits per heavy atom. The lowest BCUT2D eigenvalue weighted by molar-refractivity contribution is 0.124. The van der Waals surface area contributed by atoms with Crippen molar-refractivity contribution in [2.45, 2.75) is 78.1 Å².